The van der Waals surface area contributed by atoms with Crippen molar-refractivity contribution in [3.05, 3.63) is 26.4 Å². The van der Waals surface area contributed by atoms with Gasteiger partial charge in [-0.05, 0) is 32.9 Å². The Morgan fingerprint density at radius 3 is 2.74 bits per heavy atom. The molecule has 19 heavy (non-hydrogen) atoms. The zero-order valence-corrected chi connectivity index (χ0v) is 11.5. The second-order valence-electron chi connectivity index (χ2n) is 5.16. The smallest absolute Gasteiger partial charge is 0.331 e. The molecule has 1 fully saturated rings. The molecule has 6 nitrogen and oxygen atoms in total. The highest BCUT2D eigenvalue weighted by atomic mass is 16.3. The second kappa shape index (κ2) is 5.61. The molecule has 0 saturated carbocycles. The number of likely N-dealkylation sites (tertiary alicyclic amines) is 1. The van der Waals surface area contributed by atoms with Crippen LogP contribution in [0, 0.1) is 0 Å². The van der Waals surface area contributed by atoms with E-state index in [4.69, 9.17) is 0 Å². The molecule has 1 aliphatic heterocycles. The molecule has 6 heteroatoms. The molecule has 2 rings (SSSR count). The topological polar surface area (TPSA) is 78.3 Å². The van der Waals surface area contributed by atoms with Crippen LogP contribution in [0.25, 0.3) is 0 Å². The Balaban J connectivity index is 2.34. The van der Waals surface area contributed by atoms with Crippen LogP contribution in [0.2, 0.25) is 0 Å². The number of likely N-dealkylation sites (N-methyl/N-ethyl adjacent to an activating group) is 1. The van der Waals surface area contributed by atoms with Crippen molar-refractivity contribution in [2.24, 2.45) is 0 Å². The number of aromatic amines is 1. The number of rotatable bonds is 3. The number of aromatic hydroxyl groups is 1. The molecule has 1 aliphatic rings. The van der Waals surface area contributed by atoms with E-state index in [1.54, 1.807) is 6.92 Å². The van der Waals surface area contributed by atoms with Crippen LogP contribution in [-0.2, 0) is 13.0 Å². The molecule has 0 aromatic carbocycles. The molecule has 0 aliphatic carbocycles. The summed E-state index contributed by atoms with van der Waals surface area (Å²) < 4.78 is 1.28. The number of H-pyrrole nitrogens is 1. The molecule has 1 aromatic rings. The third-order valence-corrected chi connectivity index (χ3v) is 3.93. The molecular formula is C13H21N3O3. The van der Waals surface area contributed by atoms with Crippen LogP contribution in [0.4, 0.5) is 0 Å². The molecule has 2 heterocycles. The first kappa shape index (κ1) is 13.9. The van der Waals surface area contributed by atoms with Gasteiger partial charge in [0.15, 0.2) is 0 Å². The van der Waals surface area contributed by atoms with Crippen molar-refractivity contribution in [3.8, 4) is 5.88 Å². The monoisotopic (exact) mass is 267 g/mol. The Morgan fingerprint density at radius 2 is 2.11 bits per heavy atom. The van der Waals surface area contributed by atoms with Gasteiger partial charge in [-0.2, -0.15) is 0 Å². The molecule has 1 aromatic heterocycles. The van der Waals surface area contributed by atoms with E-state index < -0.39 is 11.2 Å². The van der Waals surface area contributed by atoms with Crippen molar-refractivity contribution >= 4 is 0 Å². The van der Waals surface area contributed by atoms with Gasteiger partial charge in [-0.1, -0.05) is 13.3 Å². The lowest BCUT2D eigenvalue weighted by molar-refractivity contribution is 0.161. The molecule has 0 amide bonds. The van der Waals surface area contributed by atoms with Crippen LogP contribution in [0.3, 0.4) is 0 Å². The lowest BCUT2D eigenvalue weighted by Gasteiger charge is -2.32. The van der Waals surface area contributed by atoms with Crippen molar-refractivity contribution in [2.75, 3.05) is 13.6 Å². The molecule has 106 valence electrons. The SMILES string of the molecule is CCc1c(O)n(CC2CCCCN2C)c(=O)[nH]c1=O. The number of aromatic nitrogens is 2. The van der Waals surface area contributed by atoms with E-state index in [2.05, 4.69) is 9.88 Å². The lowest BCUT2D eigenvalue weighted by Crippen LogP contribution is -2.43. The van der Waals surface area contributed by atoms with E-state index in [1.165, 1.54) is 11.0 Å². The predicted octanol–water partition coefficient (Wildman–Crippen LogP) is 0.289. The van der Waals surface area contributed by atoms with Gasteiger partial charge in [-0.3, -0.25) is 14.3 Å². The van der Waals surface area contributed by atoms with Crippen molar-refractivity contribution in [2.45, 2.75) is 45.2 Å². The Labute approximate surface area is 111 Å². The summed E-state index contributed by atoms with van der Waals surface area (Å²) in [5, 5.41) is 10.1. The summed E-state index contributed by atoms with van der Waals surface area (Å²) in [6.45, 7) is 3.21. The Kier molecular flexibility index (Phi) is 4.09. The van der Waals surface area contributed by atoms with Crippen molar-refractivity contribution in [1.82, 2.24) is 14.5 Å². The minimum Gasteiger partial charge on any atom is -0.494 e. The minimum atomic E-state index is -0.529. The normalized spacial score (nSPS) is 20.6. The average molecular weight is 267 g/mol. The number of hydrogen-bond acceptors (Lipinski definition) is 4. The predicted molar refractivity (Wildman–Crippen MR) is 72.6 cm³/mol. The number of nitrogens with one attached hydrogen (secondary N) is 1. The Bertz CT molecular complexity index is 561. The summed E-state index contributed by atoms with van der Waals surface area (Å²) >= 11 is 0. The van der Waals surface area contributed by atoms with Crippen LogP contribution in [-0.4, -0.2) is 39.2 Å². The molecule has 0 bridgehead atoms. The van der Waals surface area contributed by atoms with Crippen LogP contribution in [0.1, 0.15) is 31.7 Å². The van der Waals surface area contributed by atoms with Gasteiger partial charge in [0.05, 0.1) is 5.56 Å². The number of hydrogen-bond donors (Lipinski definition) is 2. The van der Waals surface area contributed by atoms with E-state index in [1.807, 2.05) is 7.05 Å². The van der Waals surface area contributed by atoms with Crippen molar-refractivity contribution in [1.29, 1.82) is 0 Å². The van der Waals surface area contributed by atoms with E-state index in [0.29, 0.717) is 13.0 Å². The Morgan fingerprint density at radius 1 is 1.37 bits per heavy atom. The first-order valence-corrected chi connectivity index (χ1v) is 6.79. The summed E-state index contributed by atoms with van der Waals surface area (Å²) in [5.41, 5.74) is -0.741. The summed E-state index contributed by atoms with van der Waals surface area (Å²) in [6, 6.07) is 0.230. The maximum Gasteiger partial charge on any atom is 0.331 e. The molecular weight excluding hydrogens is 246 g/mol. The maximum atomic E-state index is 11.8. The quantitative estimate of drug-likeness (QED) is 0.825. The van der Waals surface area contributed by atoms with E-state index >= 15 is 0 Å². The third-order valence-electron chi connectivity index (χ3n) is 3.93. The highest BCUT2D eigenvalue weighted by Crippen LogP contribution is 2.18. The lowest BCUT2D eigenvalue weighted by atomic mass is 10.0. The zero-order valence-electron chi connectivity index (χ0n) is 11.5. The van der Waals surface area contributed by atoms with Crippen LogP contribution >= 0.6 is 0 Å². The molecule has 0 spiro atoms. The molecule has 0 radical (unpaired) electrons. The first-order chi connectivity index (χ1) is 9.04. The second-order valence-corrected chi connectivity index (χ2v) is 5.16. The highest BCUT2D eigenvalue weighted by molar-refractivity contribution is 5.22. The third kappa shape index (κ3) is 2.73. The van der Waals surface area contributed by atoms with Crippen LogP contribution in [0.15, 0.2) is 9.59 Å². The summed E-state index contributed by atoms with van der Waals surface area (Å²) in [7, 11) is 2.03. The summed E-state index contributed by atoms with van der Waals surface area (Å²) in [5.74, 6) is -0.185. The zero-order chi connectivity index (χ0) is 14.0. The average Bonchev–Trinajstić information content (AvgIpc) is 2.36. The van der Waals surface area contributed by atoms with Crippen LogP contribution in [0.5, 0.6) is 5.88 Å². The largest absolute Gasteiger partial charge is 0.494 e. The maximum absolute atomic E-state index is 11.8. The van der Waals surface area contributed by atoms with Gasteiger partial charge < -0.3 is 10.0 Å². The van der Waals surface area contributed by atoms with Gasteiger partial charge in [0.1, 0.15) is 0 Å². The van der Waals surface area contributed by atoms with E-state index in [9.17, 15) is 14.7 Å². The first-order valence-electron chi connectivity index (χ1n) is 6.79. The fraction of sp³-hybridized carbons (Fsp3) is 0.692. The fourth-order valence-corrected chi connectivity index (χ4v) is 2.67. The molecule has 1 unspecified atom stereocenters. The van der Waals surface area contributed by atoms with E-state index in [0.717, 1.165) is 19.4 Å². The van der Waals surface area contributed by atoms with Gasteiger partial charge in [0, 0.05) is 12.6 Å². The molecule has 1 saturated heterocycles. The van der Waals surface area contributed by atoms with E-state index in [-0.39, 0.29) is 17.5 Å². The van der Waals surface area contributed by atoms with Gasteiger partial charge in [0.2, 0.25) is 5.88 Å². The fourth-order valence-electron chi connectivity index (χ4n) is 2.67. The van der Waals surface area contributed by atoms with Gasteiger partial charge in [0.25, 0.3) is 5.56 Å². The number of nitrogens with zero attached hydrogens (tertiary/aromatic N) is 2. The van der Waals surface area contributed by atoms with Crippen molar-refractivity contribution in [3.63, 3.8) is 0 Å². The summed E-state index contributed by atoms with van der Waals surface area (Å²) in [4.78, 5) is 27.9. The standard InChI is InChI=1S/C13H21N3O3/c1-3-10-11(17)14-13(19)16(12(10)18)8-9-6-4-5-7-15(9)2/h9,18H,3-8H2,1-2H3,(H,14,17,19). The molecule has 1 atom stereocenters. The number of piperidine rings is 1. The summed E-state index contributed by atoms with van der Waals surface area (Å²) in [6.07, 6.45) is 3.71. The Hall–Kier alpha value is -1.56. The van der Waals surface area contributed by atoms with Gasteiger partial charge in [-0.15, -0.1) is 0 Å². The minimum absolute atomic E-state index is 0.185. The highest BCUT2D eigenvalue weighted by Gasteiger charge is 2.22. The van der Waals surface area contributed by atoms with Crippen molar-refractivity contribution < 1.29 is 5.11 Å². The van der Waals surface area contributed by atoms with Crippen LogP contribution < -0.4 is 11.2 Å². The van der Waals surface area contributed by atoms with Gasteiger partial charge >= 0.3 is 5.69 Å². The van der Waals surface area contributed by atoms with Gasteiger partial charge in [-0.25, -0.2) is 4.79 Å². The molecule has 2 N–H and O–H groups in total.